The first-order chi connectivity index (χ1) is 12.0. The van der Waals surface area contributed by atoms with Gasteiger partial charge in [-0.3, -0.25) is 4.79 Å². The SMILES string of the molecule is Cc1nc(-c2ncccn2)sc1C(=O)N[C@H](C)CN1CCC[C@H](C)C1. The Bertz CT molecular complexity index is 718. The molecule has 0 radical (unpaired) electrons. The van der Waals surface area contributed by atoms with Crippen LogP contribution in [0.1, 0.15) is 42.1 Å². The molecule has 0 spiro atoms. The first kappa shape index (κ1) is 17.9. The highest BCUT2D eigenvalue weighted by Gasteiger charge is 2.21. The summed E-state index contributed by atoms with van der Waals surface area (Å²) in [7, 11) is 0. The molecule has 0 unspecified atom stereocenters. The van der Waals surface area contributed by atoms with E-state index in [0.29, 0.717) is 15.7 Å². The van der Waals surface area contributed by atoms with E-state index in [4.69, 9.17) is 0 Å². The highest BCUT2D eigenvalue weighted by Crippen LogP contribution is 2.25. The minimum absolute atomic E-state index is 0.0604. The summed E-state index contributed by atoms with van der Waals surface area (Å²) in [5.74, 6) is 1.24. The van der Waals surface area contributed by atoms with E-state index < -0.39 is 0 Å². The molecule has 0 aliphatic carbocycles. The number of carbonyl (C=O) groups is 1. The molecule has 2 atom stereocenters. The van der Waals surface area contributed by atoms with Crippen LogP contribution in [0.4, 0.5) is 0 Å². The van der Waals surface area contributed by atoms with Crippen molar-refractivity contribution < 1.29 is 4.79 Å². The predicted octanol–water partition coefficient (Wildman–Crippen LogP) is 2.76. The average molecular weight is 359 g/mol. The molecule has 25 heavy (non-hydrogen) atoms. The third-order valence-electron chi connectivity index (χ3n) is 4.41. The van der Waals surface area contributed by atoms with Gasteiger partial charge in [-0.15, -0.1) is 11.3 Å². The number of aryl methyl sites for hydroxylation is 1. The van der Waals surface area contributed by atoms with E-state index in [9.17, 15) is 4.79 Å². The molecule has 6 nitrogen and oxygen atoms in total. The van der Waals surface area contributed by atoms with E-state index in [2.05, 4.69) is 39.0 Å². The van der Waals surface area contributed by atoms with Gasteiger partial charge in [0, 0.05) is 31.5 Å². The molecule has 2 aromatic rings. The van der Waals surface area contributed by atoms with Gasteiger partial charge in [0.1, 0.15) is 4.88 Å². The Hall–Kier alpha value is -1.86. The first-order valence-corrected chi connectivity index (χ1v) is 9.62. The van der Waals surface area contributed by atoms with Gasteiger partial charge in [0.2, 0.25) is 0 Å². The Kier molecular flexibility index (Phi) is 5.75. The van der Waals surface area contributed by atoms with Crippen molar-refractivity contribution in [3.63, 3.8) is 0 Å². The highest BCUT2D eigenvalue weighted by atomic mass is 32.1. The number of rotatable bonds is 5. The standard InChI is InChI=1S/C18H25N5OS/c1-12-6-4-9-23(10-12)11-13(2)21-17(24)15-14(3)22-18(25-15)16-19-7-5-8-20-16/h5,7-8,12-13H,4,6,9-11H2,1-3H3,(H,21,24)/t12-,13+/m0/s1. The lowest BCUT2D eigenvalue weighted by molar-refractivity contribution is 0.0923. The van der Waals surface area contributed by atoms with Gasteiger partial charge >= 0.3 is 0 Å². The summed E-state index contributed by atoms with van der Waals surface area (Å²) in [4.78, 5) is 28.6. The maximum absolute atomic E-state index is 12.6. The molecule has 1 N–H and O–H groups in total. The zero-order valence-corrected chi connectivity index (χ0v) is 15.8. The second-order valence-corrected chi connectivity index (χ2v) is 7.89. The lowest BCUT2D eigenvalue weighted by atomic mass is 10.00. The third-order valence-corrected chi connectivity index (χ3v) is 5.56. The zero-order valence-electron chi connectivity index (χ0n) is 15.0. The normalized spacial score (nSPS) is 19.6. The minimum Gasteiger partial charge on any atom is -0.348 e. The molecule has 1 aliphatic rings. The second kappa shape index (κ2) is 8.01. The molecular weight excluding hydrogens is 334 g/mol. The fraction of sp³-hybridized carbons (Fsp3) is 0.556. The molecule has 1 amide bonds. The fourth-order valence-corrected chi connectivity index (χ4v) is 4.20. The fourth-order valence-electron chi connectivity index (χ4n) is 3.29. The quantitative estimate of drug-likeness (QED) is 0.889. The molecule has 1 fully saturated rings. The predicted molar refractivity (Wildman–Crippen MR) is 99.6 cm³/mol. The van der Waals surface area contributed by atoms with E-state index in [1.807, 2.05) is 6.92 Å². The van der Waals surface area contributed by atoms with Crippen LogP contribution in [0.5, 0.6) is 0 Å². The zero-order chi connectivity index (χ0) is 17.8. The lowest BCUT2D eigenvalue weighted by Crippen LogP contribution is -2.45. The van der Waals surface area contributed by atoms with Crippen molar-refractivity contribution in [2.75, 3.05) is 19.6 Å². The number of thiazole rings is 1. The van der Waals surface area contributed by atoms with Crippen LogP contribution in [0.15, 0.2) is 18.5 Å². The number of piperidine rings is 1. The molecule has 0 saturated carbocycles. The summed E-state index contributed by atoms with van der Waals surface area (Å²) in [6.07, 6.45) is 5.92. The number of hydrogen-bond acceptors (Lipinski definition) is 6. The number of nitrogens with one attached hydrogen (secondary N) is 1. The number of carbonyl (C=O) groups excluding carboxylic acids is 1. The van der Waals surface area contributed by atoms with Gasteiger partial charge in [-0.05, 0) is 45.2 Å². The smallest absolute Gasteiger partial charge is 0.263 e. The van der Waals surface area contributed by atoms with E-state index in [-0.39, 0.29) is 11.9 Å². The Balaban J connectivity index is 1.62. The van der Waals surface area contributed by atoms with Crippen LogP contribution in [0, 0.1) is 12.8 Å². The van der Waals surface area contributed by atoms with Gasteiger partial charge in [-0.2, -0.15) is 0 Å². The van der Waals surface area contributed by atoms with Gasteiger partial charge in [-0.1, -0.05) is 6.92 Å². The topological polar surface area (TPSA) is 71.0 Å². The van der Waals surface area contributed by atoms with Crippen LogP contribution in [0.3, 0.4) is 0 Å². The Morgan fingerprint density at radius 2 is 2.20 bits per heavy atom. The average Bonchev–Trinajstić information content (AvgIpc) is 2.97. The van der Waals surface area contributed by atoms with Crippen molar-refractivity contribution in [2.45, 2.75) is 39.7 Å². The van der Waals surface area contributed by atoms with Crippen LogP contribution < -0.4 is 5.32 Å². The summed E-state index contributed by atoms with van der Waals surface area (Å²) in [6.45, 7) is 9.35. The molecule has 7 heteroatoms. The van der Waals surface area contributed by atoms with Crippen LogP contribution in [0.25, 0.3) is 10.8 Å². The molecule has 3 heterocycles. The highest BCUT2D eigenvalue weighted by molar-refractivity contribution is 7.17. The number of nitrogens with zero attached hydrogens (tertiary/aromatic N) is 4. The van der Waals surface area contributed by atoms with Gasteiger partial charge in [0.15, 0.2) is 10.8 Å². The second-order valence-electron chi connectivity index (χ2n) is 6.89. The summed E-state index contributed by atoms with van der Waals surface area (Å²) in [5.41, 5.74) is 0.726. The summed E-state index contributed by atoms with van der Waals surface area (Å²) in [6, 6.07) is 1.87. The van der Waals surface area contributed by atoms with Crippen LogP contribution in [0.2, 0.25) is 0 Å². The molecule has 0 bridgehead atoms. The monoisotopic (exact) mass is 359 g/mol. The number of likely N-dealkylation sites (tertiary alicyclic amines) is 1. The minimum atomic E-state index is -0.0604. The largest absolute Gasteiger partial charge is 0.348 e. The summed E-state index contributed by atoms with van der Waals surface area (Å²) < 4.78 is 0. The maximum Gasteiger partial charge on any atom is 0.263 e. The number of hydrogen-bond donors (Lipinski definition) is 1. The van der Waals surface area contributed by atoms with Crippen LogP contribution in [-0.4, -0.2) is 51.4 Å². The summed E-state index contributed by atoms with van der Waals surface area (Å²) >= 11 is 1.35. The Morgan fingerprint density at radius 3 is 2.92 bits per heavy atom. The van der Waals surface area contributed by atoms with Crippen molar-refractivity contribution in [1.82, 2.24) is 25.2 Å². The molecule has 3 rings (SSSR count). The van der Waals surface area contributed by atoms with E-state index >= 15 is 0 Å². The van der Waals surface area contributed by atoms with E-state index in [1.165, 1.54) is 24.2 Å². The van der Waals surface area contributed by atoms with Crippen molar-refractivity contribution in [3.05, 3.63) is 29.0 Å². The van der Waals surface area contributed by atoms with Crippen molar-refractivity contribution >= 4 is 17.2 Å². The lowest BCUT2D eigenvalue weighted by Gasteiger charge is -2.32. The van der Waals surface area contributed by atoms with Crippen molar-refractivity contribution in [2.24, 2.45) is 5.92 Å². The number of aromatic nitrogens is 3. The Morgan fingerprint density at radius 1 is 1.44 bits per heavy atom. The Labute approximate surface area is 152 Å². The molecule has 0 aromatic carbocycles. The first-order valence-electron chi connectivity index (χ1n) is 8.81. The third kappa shape index (κ3) is 4.61. The maximum atomic E-state index is 12.6. The number of amides is 1. The molecule has 1 aliphatic heterocycles. The van der Waals surface area contributed by atoms with Crippen molar-refractivity contribution in [3.8, 4) is 10.8 Å². The van der Waals surface area contributed by atoms with E-state index in [0.717, 1.165) is 31.2 Å². The molecular formula is C18H25N5OS. The molecule has 134 valence electrons. The molecule has 2 aromatic heterocycles. The van der Waals surface area contributed by atoms with E-state index in [1.54, 1.807) is 18.5 Å². The van der Waals surface area contributed by atoms with Gasteiger partial charge in [0.25, 0.3) is 5.91 Å². The van der Waals surface area contributed by atoms with Gasteiger partial charge < -0.3 is 10.2 Å². The molecule has 1 saturated heterocycles. The summed E-state index contributed by atoms with van der Waals surface area (Å²) in [5, 5.41) is 3.79. The van der Waals surface area contributed by atoms with Gasteiger partial charge in [-0.25, -0.2) is 15.0 Å². The van der Waals surface area contributed by atoms with Crippen LogP contribution in [-0.2, 0) is 0 Å². The van der Waals surface area contributed by atoms with Crippen molar-refractivity contribution in [1.29, 1.82) is 0 Å². The van der Waals surface area contributed by atoms with Crippen LogP contribution >= 0.6 is 11.3 Å². The van der Waals surface area contributed by atoms with Gasteiger partial charge in [0.05, 0.1) is 5.69 Å².